The van der Waals surface area contributed by atoms with E-state index in [9.17, 15) is 0 Å². The van der Waals surface area contributed by atoms with Crippen molar-refractivity contribution < 1.29 is 4.74 Å². The van der Waals surface area contributed by atoms with E-state index >= 15 is 0 Å². The molecule has 0 fully saturated rings. The standard InChI is InChI=1S/C12H19NO/c1-5-14-11-7-6-9(13)8-10(11)12(2,3)4/h6-8H,5,13H2,1-4H3. The molecular formula is C12H19NO. The maximum absolute atomic E-state index is 5.76. The third-order valence-electron chi connectivity index (χ3n) is 2.11. The van der Waals surface area contributed by atoms with Crippen LogP contribution in [0, 0.1) is 0 Å². The first kappa shape index (κ1) is 10.9. The largest absolute Gasteiger partial charge is 0.494 e. The molecule has 14 heavy (non-hydrogen) atoms. The van der Waals surface area contributed by atoms with Gasteiger partial charge >= 0.3 is 0 Å². The Morgan fingerprint density at radius 1 is 1.29 bits per heavy atom. The summed E-state index contributed by atoms with van der Waals surface area (Å²) in [5.74, 6) is 0.939. The lowest BCUT2D eigenvalue weighted by Crippen LogP contribution is -2.13. The zero-order valence-corrected chi connectivity index (χ0v) is 9.42. The zero-order chi connectivity index (χ0) is 10.8. The number of hydrogen-bond acceptors (Lipinski definition) is 2. The average molecular weight is 193 g/mol. The van der Waals surface area contributed by atoms with E-state index in [2.05, 4.69) is 20.8 Å². The molecule has 0 amide bonds. The summed E-state index contributed by atoms with van der Waals surface area (Å²) in [5.41, 5.74) is 7.79. The van der Waals surface area contributed by atoms with Gasteiger partial charge in [-0.15, -0.1) is 0 Å². The van der Waals surface area contributed by atoms with Crippen LogP contribution in [0.2, 0.25) is 0 Å². The Bertz CT molecular complexity index is 313. The third-order valence-corrected chi connectivity index (χ3v) is 2.11. The Hall–Kier alpha value is -1.18. The van der Waals surface area contributed by atoms with Crippen LogP contribution in [0.5, 0.6) is 5.75 Å². The lowest BCUT2D eigenvalue weighted by Gasteiger charge is -2.22. The Kier molecular flexibility index (Phi) is 3.04. The van der Waals surface area contributed by atoms with Crippen molar-refractivity contribution in [1.82, 2.24) is 0 Å². The molecule has 0 aliphatic heterocycles. The molecule has 0 aromatic heterocycles. The highest BCUT2D eigenvalue weighted by atomic mass is 16.5. The topological polar surface area (TPSA) is 35.2 Å². The van der Waals surface area contributed by atoms with Crippen LogP contribution < -0.4 is 10.5 Å². The van der Waals surface area contributed by atoms with E-state index in [1.165, 1.54) is 5.56 Å². The number of nitrogen functional groups attached to an aromatic ring is 1. The molecular weight excluding hydrogens is 174 g/mol. The smallest absolute Gasteiger partial charge is 0.123 e. The van der Waals surface area contributed by atoms with Gasteiger partial charge in [0.05, 0.1) is 6.61 Å². The molecule has 0 spiro atoms. The summed E-state index contributed by atoms with van der Waals surface area (Å²) in [5, 5.41) is 0. The van der Waals surface area contributed by atoms with E-state index in [0.29, 0.717) is 6.61 Å². The predicted molar refractivity (Wildman–Crippen MR) is 60.7 cm³/mol. The zero-order valence-electron chi connectivity index (χ0n) is 9.42. The van der Waals surface area contributed by atoms with E-state index in [1.54, 1.807) is 0 Å². The normalized spacial score (nSPS) is 11.4. The van der Waals surface area contributed by atoms with E-state index in [-0.39, 0.29) is 5.41 Å². The fraction of sp³-hybridized carbons (Fsp3) is 0.500. The van der Waals surface area contributed by atoms with Gasteiger partial charge < -0.3 is 10.5 Å². The first-order chi connectivity index (χ1) is 6.45. The van der Waals surface area contributed by atoms with Gasteiger partial charge in [-0.3, -0.25) is 0 Å². The summed E-state index contributed by atoms with van der Waals surface area (Å²) in [6.07, 6.45) is 0. The van der Waals surface area contributed by atoms with Crippen molar-refractivity contribution in [1.29, 1.82) is 0 Å². The van der Waals surface area contributed by atoms with E-state index in [4.69, 9.17) is 10.5 Å². The number of nitrogens with two attached hydrogens (primary N) is 1. The van der Waals surface area contributed by atoms with Crippen molar-refractivity contribution in [3.8, 4) is 5.75 Å². The molecule has 0 atom stereocenters. The minimum absolute atomic E-state index is 0.0693. The minimum Gasteiger partial charge on any atom is -0.494 e. The second-order valence-corrected chi connectivity index (χ2v) is 4.44. The van der Waals surface area contributed by atoms with E-state index in [1.807, 2.05) is 25.1 Å². The van der Waals surface area contributed by atoms with Gasteiger partial charge in [0.2, 0.25) is 0 Å². The van der Waals surface area contributed by atoms with E-state index in [0.717, 1.165) is 11.4 Å². The number of ether oxygens (including phenoxy) is 1. The number of rotatable bonds is 2. The molecule has 0 radical (unpaired) electrons. The van der Waals surface area contributed by atoms with Crippen LogP contribution in [0.15, 0.2) is 18.2 Å². The average Bonchev–Trinajstić information content (AvgIpc) is 2.07. The second kappa shape index (κ2) is 3.91. The van der Waals surface area contributed by atoms with Crippen LogP contribution >= 0.6 is 0 Å². The van der Waals surface area contributed by atoms with Gasteiger partial charge in [-0.05, 0) is 30.5 Å². The van der Waals surface area contributed by atoms with Crippen molar-refractivity contribution in [2.45, 2.75) is 33.1 Å². The van der Waals surface area contributed by atoms with Crippen LogP contribution in [0.25, 0.3) is 0 Å². The molecule has 1 rings (SSSR count). The monoisotopic (exact) mass is 193 g/mol. The molecule has 0 aliphatic carbocycles. The highest BCUT2D eigenvalue weighted by molar-refractivity contribution is 5.50. The third kappa shape index (κ3) is 2.41. The number of benzene rings is 1. The first-order valence-corrected chi connectivity index (χ1v) is 4.98. The maximum atomic E-state index is 5.76. The fourth-order valence-corrected chi connectivity index (χ4v) is 1.42. The number of hydrogen-bond donors (Lipinski definition) is 1. The van der Waals surface area contributed by atoms with Crippen LogP contribution in [-0.4, -0.2) is 6.61 Å². The minimum atomic E-state index is 0.0693. The maximum Gasteiger partial charge on any atom is 0.123 e. The second-order valence-electron chi connectivity index (χ2n) is 4.44. The summed E-state index contributed by atoms with van der Waals surface area (Å²) in [6.45, 7) is 9.15. The van der Waals surface area contributed by atoms with Gasteiger partial charge in [0.25, 0.3) is 0 Å². The van der Waals surface area contributed by atoms with Crippen molar-refractivity contribution in [2.24, 2.45) is 0 Å². The summed E-state index contributed by atoms with van der Waals surface area (Å²) in [7, 11) is 0. The lowest BCUT2D eigenvalue weighted by atomic mass is 9.86. The van der Waals surface area contributed by atoms with Gasteiger partial charge in [0, 0.05) is 11.3 Å². The molecule has 2 heteroatoms. The Labute approximate surface area is 86.1 Å². The molecule has 0 bridgehead atoms. The first-order valence-electron chi connectivity index (χ1n) is 4.98. The Balaban J connectivity index is 3.16. The van der Waals surface area contributed by atoms with Gasteiger partial charge in [-0.2, -0.15) is 0 Å². The van der Waals surface area contributed by atoms with Crippen molar-refractivity contribution in [2.75, 3.05) is 12.3 Å². The molecule has 2 N–H and O–H groups in total. The molecule has 0 aliphatic rings. The number of anilines is 1. The summed E-state index contributed by atoms with van der Waals surface area (Å²) in [4.78, 5) is 0. The van der Waals surface area contributed by atoms with Crippen LogP contribution in [-0.2, 0) is 5.41 Å². The highest BCUT2D eigenvalue weighted by Crippen LogP contribution is 2.32. The quantitative estimate of drug-likeness (QED) is 0.733. The van der Waals surface area contributed by atoms with Crippen molar-refractivity contribution in [3.63, 3.8) is 0 Å². The van der Waals surface area contributed by atoms with Gasteiger partial charge in [-0.25, -0.2) is 0 Å². The Morgan fingerprint density at radius 2 is 1.93 bits per heavy atom. The molecule has 0 saturated carbocycles. The van der Waals surface area contributed by atoms with Gasteiger partial charge in [0.1, 0.15) is 5.75 Å². The predicted octanol–water partition coefficient (Wildman–Crippen LogP) is 2.97. The lowest BCUT2D eigenvalue weighted by molar-refractivity contribution is 0.330. The van der Waals surface area contributed by atoms with Crippen LogP contribution in [0.3, 0.4) is 0 Å². The molecule has 0 heterocycles. The van der Waals surface area contributed by atoms with Crippen LogP contribution in [0.4, 0.5) is 5.69 Å². The van der Waals surface area contributed by atoms with Gasteiger partial charge in [0.15, 0.2) is 0 Å². The molecule has 0 saturated heterocycles. The SMILES string of the molecule is CCOc1ccc(N)cc1C(C)(C)C. The summed E-state index contributed by atoms with van der Waals surface area (Å²) >= 11 is 0. The van der Waals surface area contributed by atoms with E-state index < -0.39 is 0 Å². The molecule has 0 unspecified atom stereocenters. The molecule has 1 aromatic carbocycles. The van der Waals surface area contributed by atoms with Crippen molar-refractivity contribution >= 4 is 5.69 Å². The van der Waals surface area contributed by atoms with Crippen molar-refractivity contribution in [3.05, 3.63) is 23.8 Å². The molecule has 78 valence electrons. The van der Waals surface area contributed by atoms with Crippen LogP contribution in [0.1, 0.15) is 33.3 Å². The summed E-state index contributed by atoms with van der Waals surface area (Å²) in [6, 6.07) is 5.81. The summed E-state index contributed by atoms with van der Waals surface area (Å²) < 4.78 is 5.56. The molecule has 1 aromatic rings. The highest BCUT2D eigenvalue weighted by Gasteiger charge is 2.18. The molecule has 2 nitrogen and oxygen atoms in total. The Morgan fingerprint density at radius 3 is 2.43 bits per heavy atom. The fourth-order valence-electron chi connectivity index (χ4n) is 1.42. The van der Waals surface area contributed by atoms with Gasteiger partial charge in [-0.1, -0.05) is 20.8 Å².